The van der Waals surface area contributed by atoms with E-state index in [-0.39, 0.29) is 27.6 Å². The Labute approximate surface area is 150 Å². The van der Waals surface area contributed by atoms with Crippen LogP contribution in [0.15, 0.2) is 17.0 Å². The van der Waals surface area contributed by atoms with E-state index in [1.165, 1.54) is 18.2 Å². The second-order valence-corrected chi connectivity index (χ2v) is 9.72. The van der Waals surface area contributed by atoms with Gasteiger partial charge in [0, 0.05) is 11.1 Å². The van der Waals surface area contributed by atoms with E-state index < -0.39 is 10.1 Å². The predicted octanol–water partition coefficient (Wildman–Crippen LogP) is 3.45. The molecule has 1 aromatic rings. The zero-order valence-corrected chi connectivity index (χ0v) is 16.6. The Morgan fingerprint density at radius 3 is 2.16 bits per heavy atom. The lowest BCUT2D eigenvalue weighted by molar-refractivity contribution is -0.250. The van der Waals surface area contributed by atoms with Crippen molar-refractivity contribution in [2.24, 2.45) is 5.92 Å². The maximum atomic E-state index is 11.7. The molecule has 0 spiro atoms. The fourth-order valence-corrected chi connectivity index (χ4v) is 5.12. The van der Waals surface area contributed by atoms with Crippen molar-refractivity contribution < 1.29 is 22.9 Å². The van der Waals surface area contributed by atoms with E-state index in [0.29, 0.717) is 12.0 Å². The van der Waals surface area contributed by atoms with E-state index in [0.717, 1.165) is 18.4 Å². The second kappa shape index (κ2) is 6.54. The Balaban J connectivity index is 2.37. The lowest BCUT2D eigenvalue weighted by Gasteiger charge is -2.51. The molecule has 7 heteroatoms. The van der Waals surface area contributed by atoms with Crippen molar-refractivity contribution in [1.82, 2.24) is 5.06 Å². The number of hydrogen-bond acceptors (Lipinski definition) is 5. The zero-order valence-electron chi connectivity index (χ0n) is 15.8. The van der Waals surface area contributed by atoms with Crippen molar-refractivity contribution in [2.45, 2.75) is 69.9 Å². The van der Waals surface area contributed by atoms with Gasteiger partial charge < -0.3 is 9.94 Å². The molecule has 1 fully saturated rings. The van der Waals surface area contributed by atoms with Gasteiger partial charge in [0.05, 0.1) is 7.11 Å². The van der Waals surface area contributed by atoms with E-state index >= 15 is 0 Å². The Hall–Kier alpha value is -1.15. The molecular formula is C18H29NO5S. The van der Waals surface area contributed by atoms with Crippen molar-refractivity contribution >= 4 is 10.1 Å². The quantitative estimate of drug-likeness (QED) is 0.788. The van der Waals surface area contributed by atoms with Gasteiger partial charge in [-0.1, -0.05) is 6.07 Å². The molecule has 2 rings (SSSR count). The third kappa shape index (κ3) is 4.16. The number of ether oxygens (including phenoxy) is 1. The number of hydroxylamine groups is 2. The van der Waals surface area contributed by atoms with Crippen LogP contribution in [0.3, 0.4) is 0 Å². The number of hydrogen-bond donors (Lipinski definition) is 2. The van der Waals surface area contributed by atoms with Crippen molar-refractivity contribution in [3.05, 3.63) is 23.3 Å². The number of piperidine rings is 1. The monoisotopic (exact) mass is 371 g/mol. The van der Waals surface area contributed by atoms with Crippen molar-refractivity contribution in [3.63, 3.8) is 0 Å². The van der Waals surface area contributed by atoms with Crippen LogP contribution in [0, 0.1) is 12.8 Å². The van der Waals surface area contributed by atoms with Crippen LogP contribution >= 0.6 is 0 Å². The van der Waals surface area contributed by atoms with Crippen LogP contribution in [-0.2, 0) is 16.5 Å². The molecule has 0 aliphatic carbocycles. The number of methoxy groups -OCH3 is 1. The van der Waals surface area contributed by atoms with Gasteiger partial charge in [-0.2, -0.15) is 13.5 Å². The summed E-state index contributed by atoms with van der Waals surface area (Å²) in [6.07, 6.45) is 2.26. The average Bonchev–Trinajstić information content (AvgIpc) is 2.42. The maximum absolute atomic E-state index is 11.7. The summed E-state index contributed by atoms with van der Waals surface area (Å²) in [7, 11) is -2.97. The minimum atomic E-state index is -4.36. The SMILES string of the molecule is COc1c(C)cc(CC2CC(C)(C)N(O)C(C)(C)C2)cc1S(=O)(=O)O. The minimum absolute atomic E-state index is 0.178. The smallest absolute Gasteiger partial charge is 0.298 e. The zero-order chi connectivity index (χ0) is 19.2. The molecule has 25 heavy (non-hydrogen) atoms. The molecular weight excluding hydrogens is 342 g/mol. The van der Waals surface area contributed by atoms with Crippen LogP contribution < -0.4 is 4.74 Å². The summed E-state index contributed by atoms with van der Waals surface area (Å²) >= 11 is 0. The van der Waals surface area contributed by atoms with Crippen LogP contribution in [0.25, 0.3) is 0 Å². The highest BCUT2D eigenvalue weighted by Gasteiger charge is 2.44. The van der Waals surface area contributed by atoms with Crippen molar-refractivity contribution in [3.8, 4) is 5.75 Å². The molecule has 0 amide bonds. The molecule has 142 valence electrons. The highest BCUT2D eigenvalue weighted by Crippen LogP contribution is 2.41. The van der Waals surface area contributed by atoms with Crippen LogP contribution in [0.2, 0.25) is 0 Å². The van der Waals surface area contributed by atoms with Gasteiger partial charge in [0.25, 0.3) is 10.1 Å². The number of nitrogens with zero attached hydrogens (tertiary/aromatic N) is 1. The highest BCUT2D eigenvalue weighted by atomic mass is 32.2. The summed E-state index contributed by atoms with van der Waals surface area (Å²) in [6.45, 7) is 9.78. The molecule has 0 bridgehead atoms. The predicted molar refractivity (Wildman–Crippen MR) is 95.8 cm³/mol. The van der Waals surface area contributed by atoms with Gasteiger partial charge in [-0.3, -0.25) is 4.55 Å². The Morgan fingerprint density at radius 1 is 1.20 bits per heavy atom. The van der Waals surface area contributed by atoms with E-state index in [9.17, 15) is 18.2 Å². The summed E-state index contributed by atoms with van der Waals surface area (Å²) in [5.74, 6) is 0.465. The summed E-state index contributed by atoms with van der Waals surface area (Å²) in [5.41, 5.74) is 0.791. The summed E-state index contributed by atoms with van der Waals surface area (Å²) in [4.78, 5) is -0.192. The van der Waals surface area contributed by atoms with E-state index in [1.54, 1.807) is 6.92 Å². The number of rotatable bonds is 4. The topological polar surface area (TPSA) is 87.1 Å². The van der Waals surface area contributed by atoms with Crippen LogP contribution in [-0.4, -0.2) is 41.4 Å². The molecule has 0 unspecified atom stereocenters. The van der Waals surface area contributed by atoms with Crippen molar-refractivity contribution in [1.29, 1.82) is 0 Å². The first-order valence-electron chi connectivity index (χ1n) is 8.42. The fourth-order valence-electron chi connectivity index (χ4n) is 4.34. The largest absolute Gasteiger partial charge is 0.495 e. The summed E-state index contributed by atoms with van der Waals surface area (Å²) < 4.78 is 38.0. The molecule has 0 aromatic heterocycles. The van der Waals surface area contributed by atoms with E-state index in [4.69, 9.17) is 4.74 Å². The second-order valence-electron chi connectivity index (χ2n) is 8.33. The fraction of sp³-hybridized carbons (Fsp3) is 0.667. The standard InChI is InChI=1S/C18H29NO5S/c1-12-7-13(9-15(16(12)24-6)25(21,22)23)8-14-10-17(2,3)19(20)18(4,5)11-14/h7,9,14,20H,8,10-11H2,1-6H3,(H,21,22,23). The lowest BCUT2D eigenvalue weighted by atomic mass is 9.73. The molecule has 1 aromatic carbocycles. The van der Waals surface area contributed by atoms with E-state index in [2.05, 4.69) is 0 Å². The third-order valence-corrected chi connectivity index (χ3v) is 5.89. The average molecular weight is 371 g/mol. The van der Waals surface area contributed by atoms with Crippen LogP contribution in [0.5, 0.6) is 5.75 Å². The Bertz CT molecular complexity index is 737. The third-order valence-electron chi connectivity index (χ3n) is 5.03. The van der Waals surface area contributed by atoms with Gasteiger partial charge in [0.1, 0.15) is 10.6 Å². The van der Waals surface area contributed by atoms with Crippen LogP contribution in [0.4, 0.5) is 0 Å². The molecule has 1 saturated heterocycles. The van der Waals surface area contributed by atoms with E-state index in [1.807, 2.05) is 33.8 Å². The minimum Gasteiger partial charge on any atom is -0.495 e. The molecule has 1 aliphatic rings. The van der Waals surface area contributed by atoms with Crippen molar-refractivity contribution in [2.75, 3.05) is 7.11 Å². The number of aryl methyl sites for hydroxylation is 1. The van der Waals surface area contributed by atoms with Gasteiger partial charge in [-0.05, 0) is 77.0 Å². The number of benzene rings is 1. The maximum Gasteiger partial charge on any atom is 0.298 e. The van der Waals surface area contributed by atoms with Crippen LogP contribution in [0.1, 0.15) is 51.7 Å². The first kappa shape index (κ1) is 20.2. The lowest BCUT2D eigenvalue weighted by Crippen LogP contribution is -2.59. The molecule has 0 saturated carbocycles. The van der Waals surface area contributed by atoms with Gasteiger partial charge in [0.15, 0.2) is 0 Å². The Morgan fingerprint density at radius 2 is 1.72 bits per heavy atom. The normalized spacial score (nSPS) is 21.3. The molecule has 1 aliphatic heterocycles. The molecule has 0 radical (unpaired) electrons. The first-order valence-corrected chi connectivity index (χ1v) is 9.86. The summed E-state index contributed by atoms with van der Waals surface area (Å²) in [5, 5.41) is 11.8. The van der Waals surface area contributed by atoms with Gasteiger partial charge >= 0.3 is 0 Å². The van der Waals surface area contributed by atoms with Gasteiger partial charge in [0.2, 0.25) is 0 Å². The van der Waals surface area contributed by atoms with Gasteiger partial charge in [-0.15, -0.1) is 0 Å². The summed E-state index contributed by atoms with van der Waals surface area (Å²) in [6, 6.07) is 3.39. The molecule has 0 atom stereocenters. The first-order chi connectivity index (χ1) is 11.3. The molecule has 2 N–H and O–H groups in total. The molecule has 6 nitrogen and oxygen atoms in total. The molecule has 1 heterocycles. The van der Waals surface area contributed by atoms with Gasteiger partial charge in [-0.25, -0.2) is 0 Å². The Kier molecular flexibility index (Phi) is 5.27. The highest BCUT2D eigenvalue weighted by molar-refractivity contribution is 7.86.